The lowest BCUT2D eigenvalue weighted by Crippen LogP contribution is -2.29. The third-order valence-electron chi connectivity index (χ3n) is 3.50. The van der Waals surface area contributed by atoms with E-state index in [0.717, 1.165) is 0 Å². The highest BCUT2D eigenvalue weighted by Crippen LogP contribution is 2.39. The van der Waals surface area contributed by atoms with Crippen LogP contribution in [0.25, 0.3) is 0 Å². The van der Waals surface area contributed by atoms with E-state index in [-0.39, 0.29) is 6.54 Å². The Bertz CT molecular complexity index is 872. The van der Waals surface area contributed by atoms with Gasteiger partial charge < -0.3 is 9.47 Å². The maximum absolute atomic E-state index is 12.3. The van der Waals surface area contributed by atoms with Gasteiger partial charge in [-0.25, -0.2) is 8.42 Å². The van der Waals surface area contributed by atoms with Crippen LogP contribution in [0.4, 0.5) is 5.69 Å². The van der Waals surface area contributed by atoms with E-state index in [1.54, 1.807) is 30.3 Å². The second kappa shape index (κ2) is 6.82. The van der Waals surface area contributed by atoms with Crippen LogP contribution in [0.5, 0.6) is 11.5 Å². The molecular weight excluding hydrogens is 418 g/mol. The molecule has 0 spiro atoms. The zero-order chi connectivity index (χ0) is 17.3. The van der Waals surface area contributed by atoms with E-state index in [2.05, 4.69) is 15.9 Å². The molecule has 1 heterocycles. The van der Waals surface area contributed by atoms with Crippen molar-refractivity contribution in [1.29, 1.82) is 0 Å². The lowest BCUT2D eigenvalue weighted by molar-refractivity contribution is 0.171. The maximum atomic E-state index is 12.3. The Labute approximate surface area is 154 Å². The SMILES string of the molecule is CS(=O)(=O)N(Cc1cc(Cl)c2c(c1)OCCO2)c1ccccc1Br. The minimum atomic E-state index is -3.48. The summed E-state index contributed by atoms with van der Waals surface area (Å²) in [7, 11) is -3.48. The fourth-order valence-electron chi connectivity index (χ4n) is 2.46. The molecule has 0 aliphatic carbocycles. The minimum absolute atomic E-state index is 0.137. The summed E-state index contributed by atoms with van der Waals surface area (Å²) in [6.07, 6.45) is 1.17. The van der Waals surface area contributed by atoms with Crippen molar-refractivity contribution in [2.75, 3.05) is 23.8 Å². The summed E-state index contributed by atoms with van der Waals surface area (Å²) in [5, 5.41) is 0.405. The second-order valence-electron chi connectivity index (χ2n) is 5.32. The number of nitrogens with zero attached hydrogens (tertiary/aromatic N) is 1. The number of benzene rings is 2. The normalized spacial score (nSPS) is 13.6. The molecule has 0 saturated carbocycles. The van der Waals surface area contributed by atoms with Gasteiger partial charge in [0.15, 0.2) is 11.5 Å². The average molecular weight is 433 g/mol. The zero-order valence-corrected chi connectivity index (χ0v) is 16.0. The van der Waals surface area contributed by atoms with Crippen LogP contribution in [-0.2, 0) is 16.6 Å². The molecule has 0 aromatic heterocycles. The van der Waals surface area contributed by atoms with Crippen molar-refractivity contribution in [2.45, 2.75) is 6.54 Å². The van der Waals surface area contributed by atoms with E-state index >= 15 is 0 Å². The summed E-state index contributed by atoms with van der Waals surface area (Å²) in [5.74, 6) is 1.03. The molecule has 0 fully saturated rings. The van der Waals surface area contributed by atoms with Gasteiger partial charge in [0.1, 0.15) is 13.2 Å². The predicted molar refractivity (Wildman–Crippen MR) is 97.6 cm³/mol. The molecule has 2 aromatic rings. The van der Waals surface area contributed by atoms with E-state index < -0.39 is 10.0 Å². The van der Waals surface area contributed by atoms with Crippen molar-refractivity contribution < 1.29 is 17.9 Å². The topological polar surface area (TPSA) is 55.8 Å². The fraction of sp³-hybridized carbons (Fsp3) is 0.250. The Balaban J connectivity index is 2.00. The molecule has 1 aliphatic heterocycles. The van der Waals surface area contributed by atoms with Gasteiger partial charge in [-0.1, -0.05) is 23.7 Å². The first-order chi connectivity index (χ1) is 11.4. The molecule has 0 amide bonds. The quantitative estimate of drug-likeness (QED) is 0.736. The number of halogens is 2. The van der Waals surface area contributed by atoms with E-state index in [4.69, 9.17) is 21.1 Å². The van der Waals surface area contributed by atoms with Gasteiger partial charge in [0, 0.05) is 4.47 Å². The number of hydrogen-bond donors (Lipinski definition) is 0. The second-order valence-corrected chi connectivity index (χ2v) is 8.49. The first-order valence-electron chi connectivity index (χ1n) is 7.16. The molecule has 1 aliphatic rings. The third-order valence-corrected chi connectivity index (χ3v) is 5.58. The van der Waals surface area contributed by atoms with E-state index in [0.29, 0.717) is 45.5 Å². The van der Waals surface area contributed by atoms with Crippen LogP contribution < -0.4 is 13.8 Å². The van der Waals surface area contributed by atoms with E-state index in [1.165, 1.54) is 10.6 Å². The highest BCUT2D eigenvalue weighted by atomic mass is 79.9. The standard InChI is InChI=1S/C16H15BrClNO4S/c1-24(20,21)19(14-5-3-2-4-12(14)17)10-11-8-13(18)16-15(9-11)22-6-7-23-16/h2-5,8-9H,6-7,10H2,1H3. The van der Waals surface area contributed by atoms with Crippen LogP contribution in [0.15, 0.2) is 40.9 Å². The first kappa shape index (κ1) is 17.4. The van der Waals surface area contributed by atoms with Gasteiger partial charge in [-0.05, 0) is 45.8 Å². The number of fused-ring (bicyclic) bond motifs is 1. The number of anilines is 1. The summed E-state index contributed by atoms with van der Waals surface area (Å²) >= 11 is 9.64. The smallest absolute Gasteiger partial charge is 0.232 e. The largest absolute Gasteiger partial charge is 0.486 e. The van der Waals surface area contributed by atoms with Crippen molar-refractivity contribution >= 4 is 43.2 Å². The van der Waals surface area contributed by atoms with Crippen LogP contribution >= 0.6 is 27.5 Å². The van der Waals surface area contributed by atoms with Gasteiger partial charge >= 0.3 is 0 Å². The summed E-state index contributed by atoms with van der Waals surface area (Å²) in [4.78, 5) is 0. The van der Waals surface area contributed by atoms with Crippen molar-refractivity contribution in [1.82, 2.24) is 0 Å². The lowest BCUT2D eigenvalue weighted by Gasteiger charge is -2.25. The van der Waals surface area contributed by atoms with Crippen molar-refractivity contribution in [2.24, 2.45) is 0 Å². The van der Waals surface area contributed by atoms with Gasteiger partial charge in [0.25, 0.3) is 0 Å². The van der Waals surface area contributed by atoms with Crippen LogP contribution in [-0.4, -0.2) is 27.9 Å². The van der Waals surface area contributed by atoms with Crippen LogP contribution in [0, 0.1) is 0 Å². The van der Waals surface area contributed by atoms with Crippen molar-refractivity contribution in [3.05, 3.63) is 51.5 Å². The Morgan fingerprint density at radius 2 is 1.92 bits per heavy atom. The zero-order valence-electron chi connectivity index (χ0n) is 12.8. The molecule has 0 radical (unpaired) electrons. The maximum Gasteiger partial charge on any atom is 0.232 e. The van der Waals surface area contributed by atoms with Gasteiger partial charge in [-0.15, -0.1) is 0 Å². The summed E-state index contributed by atoms with van der Waals surface area (Å²) in [6, 6.07) is 10.6. The molecule has 24 heavy (non-hydrogen) atoms. The Hall–Kier alpha value is -1.44. The van der Waals surface area contributed by atoms with E-state index in [1.807, 2.05) is 6.07 Å². The van der Waals surface area contributed by atoms with Gasteiger partial charge in [-0.3, -0.25) is 4.31 Å². The Morgan fingerprint density at radius 3 is 2.62 bits per heavy atom. The van der Waals surface area contributed by atoms with Crippen LogP contribution in [0.1, 0.15) is 5.56 Å². The fourth-order valence-corrected chi connectivity index (χ4v) is 4.26. The van der Waals surface area contributed by atoms with Crippen LogP contribution in [0.3, 0.4) is 0 Å². The van der Waals surface area contributed by atoms with Gasteiger partial charge in [-0.2, -0.15) is 0 Å². The van der Waals surface area contributed by atoms with Crippen LogP contribution in [0.2, 0.25) is 5.02 Å². The van der Waals surface area contributed by atoms with Gasteiger partial charge in [0.2, 0.25) is 10.0 Å². The van der Waals surface area contributed by atoms with Gasteiger partial charge in [0.05, 0.1) is 23.5 Å². The number of hydrogen-bond acceptors (Lipinski definition) is 4. The summed E-state index contributed by atoms with van der Waals surface area (Å²) < 4.78 is 37.6. The number of rotatable bonds is 4. The molecule has 128 valence electrons. The summed E-state index contributed by atoms with van der Waals surface area (Å²) in [5.41, 5.74) is 1.27. The highest BCUT2D eigenvalue weighted by molar-refractivity contribution is 9.10. The average Bonchev–Trinajstić information content (AvgIpc) is 2.52. The molecular formula is C16H15BrClNO4S. The molecule has 5 nitrogen and oxygen atoms in total. The minimum Gasteiger partial charge on any atom is -0.486 e. The Morgan fingerprint density at radius 1 is 1.21 bits per heavy atom. The molecule has 0 saturated heterocycles. The lowest BCUT2D eigenvalue weighted by atomic mass is 10.2. The third kappa shape index (κ3) is 3.63. The highest BCUT2D eigenvalue weighted by Gasteiger charge is 2.22. The molecule has 0 unspecified atom stereocenters. The van der Waals surface area contributed by atoms with Crippen molar-refractivity contribution in [3.8, 4) is 11.5 Å². The number of ether oxygens (including phenoxy) is 2. The Kier molecular flexibility index (Phi) is 4.94. The molecule has 0 bridgehead atoms. The number of sulfonamides is 1. The number of para-hydroxylation sites is 1. The molecule has 3 rings (SSSR count). The van der Waals surface area contributed by atoms with E-state index in [9.17, 15) is 8.42 Å². The monoisotopic (exact) mass is 431 g/mol. The molecule has 8 heteroatoms. The first-order valence-corrected chi connectivity index (χ1v) is 10.2. The molecule has 2 aromatic carbocycles. The molecule has 0 N–H and O–H groups in total. The molecule has 0 atom stereocenters. The predicted octanol–water partition coefficient (Wildman–Crippen LogP) is 3.84. The summed E-state index contributed by atoms with van der Waals surface area (Å²) in [6.45, 7) is 1.02. The van der Waals surface area contributed by atoms with Crippen molar-refractivity contribution in [3.63, 3.8) is 0 Å².